The van der Waals surface area contributed by atoms with Gasteiger partial charge in [0.25, 0.3) is 0 Å². The topological polar surface area (TPSA) is 61.8 Å². The van der Waals surface area contributed by atoms with Crippen molar-refractivity contribution in [3.8, 4) is 11.5 Å². The highest BCUT2D eigenvalue weighted by molar-refractivity contribution is 7.19. The van der Waals surface area contributed by atoms with Gasteiger partial charge in [0.15, 0.2) is 11.7 Å². The van der Waals surface area contributed by atoms with Crippen LogP contribution in [0.3, 0.4) is 0 Å². The van der Waals surface area contributed by atoms with Crippen LogP contribution in [0.1, 0.15) is 17.8 Å². The number of quaternary nitrogens is 1. The summed E-state index contributed by atoms with van der Waals surface area (Å²) in [7, 11) is 0. The summed E-state index contributed by atoms with van der Waals surface area (Å²) in [6.07, 6.45) is -1.82. The Morgan fingerprint density at radius 1 is 0.703 bits per heavy atom. The molecule has 0 aliphatic rings. The number of nitrogens with zero attached hydrogens (tertiary/aromatic N) is 1. The number of carbonyl (C=O) groups excluding carboxylic acids is 2. The summed E-state index contributed by atoms with van der Waals surface area (Å²) in [5.74, 6) is 0.624. The molecule has 0 spiro atoms. The molecule has 0 fully saturated rings. The first-order valence-corrected chi connectivity index (χ1v) is 12.5. The Labute approximate surface area is 218 Å². The fourth-order valence-corrected chi connectivity index (χ4v) is 5.22. The Kier molecular flexibility index (Phi) is 6.98. The lowest BCUT2D eigenvalue weighted by molar-refractivity contribution is -0.104. The second-order valence-corrected chi connectivity index (χ2v) is 9.41. The number of carbonyl (C=O) groups is 2. The number of hydrogen-bond donors (Lipinski definition) is 0. The van der Waals surface area contributed by atoms with E-state index in [1.165, 1.54) is 11.3 Å². The van der Waals surface area contributed by atoms with Gasteiger partial charge in [-0.1, -0.05) is 72.8 Å². The maximum Gasteiger partial charge on any atom is 0.571 e. The van der Waals surface area contributed by atoms with Crippen LogP contribution in [0.2, 0.25) is 0 Å². The molecular weight excluding hydrogens is 486 g/mol. The van der Waals surface area contributed by atoms with Crippen LogP contribution < -0.4 is 14.1 Å². The number of ether oxygens (including phenoxy) is 2. The van der Waals surface area contributed by atoms with Crippen LogP contribution in [0.25, 0.3) is 10.1 Å². The highest BCUT2D eigenvalue weighted by Crippen LogP contribution is 2.41. The van der Waals surface area contributed by atoms with E-state index in [9.17, 15) is 9.59 Å². The standard InChI is InChI=1S/C30H24NO5S/c1-22(28-21-23-13-11-12-20-27(23)37-28)31(24-14-5-2-6-15-24,29(32)34-25-16-7-3-8-17-25)36-30(33)35-26-18-9-4-10-19-26/h2-22H,1H3/q+1. The molecule has 1 heterocycles. The van der Waals surface area contributed by atoms with Gasteiger partial charge in [-0.05, 0) is 48.7 Å². The summed E-state index contributed by atoms with van der Waals surface area (Å²) in [6, 6.07) is 35.4. The molecule has 2 atom stereocenters. The van der Waals surface area contributed by atoms with E-state index in [1.54, 1.807) is 72.8 Å². The monoisotopic (exact) mass is 510 g/mol. The number of fused-ring (bicyclic) bond motifs is 1. The molecule has 5 rings (SSSR count). The van der Waals surface area contributed by atoms with Gasteiger partial charge >= 0.3 is 12.2 Å². The molecule has 5 aromatic rings. The van der Waals surface area contributed by atoms with Crippen LogP contribution in [-0.2, 0) is 4.84 Å². The lowest BCUT2D eigenvalue weighted by Crippen LogP contribution is -2.58. The van der Waals surface area contributed by atoms with E-state index < -0.39 is 22.9 Å². The van der Waals surface area contributed by atoms with Crippen molar-refractivity contribution in [2.45, 2.75) is 13.0 Å². The minimum Gasteiger partial charge on any atom is -0.391 e. The predicted molar refractivity (Wildman–Crippen MR) is 144 cm³/mol. The molecule has 184 valence electrons. The summed E-state index contributed by atoms with van der Waals surface area (Å²) in [5.41, 5.74) is 0.415. The van der Waals surface area contributed by atoms with Crippen molar-refractivity contribution >= 4 is 39.4 Å². The third kappa shape index (κ3) is 5.09. The van der Waals surface area contributed by atoms with Crippen LogP contribution in [0.4, 0.5) is 15.3 Å². The van der Waals surface area contributed by atoms with Gasteiger partial charge in [-0.15, -0.1) is 11.3 Å². The van der Waals surface area contributed by atoms with E-state index in [0.717, 1.165) is 15.0 Å². The summed E-state index contributed by atoms with van der Waals surface area (Å²) >= 11 is 1.53. The van der Waals surface area contributed by atoms with Gasteiger partial charge < -0.3 is 9.47 Å². The fourth-order valence-electron chi connectivity index (χ4n) is 4.07. The lowest BCUT2D eigenvalue weighted by Gasteiger charge is -2.33. The maximum atomic E-state index is 14.1. The van der Waals surface area contributed by atoms with Crippen molar-refractivity contribution in [1.29, 1.82) is 0 Å². The van der Waals surface area contributed by atoms with Gasteiger partial charge in [0.2, 0.25) is 0 Å². The molecule has 1 aromatic heterocycles. The second-order valence-electron chi connectivity index (χ2n) is 8.29. The average Bonchev–Trinajstić information content (AvgIpc) is 3.37. The third-order valence-corrected chi connectivity index (χ3v) is 7.21. The number of para-hydroxylation sites is 3. The number of rotatable bonds is 5. The minimum absolute atomic E-state index is 0.296. The van der Waals surface area contributed by atoms with E-state index in [2.05, 4.69) is 0 Å². The molecule has 7 heteroatoms. The number of amides is 1. The van der Waals surface area contributed by atoms with Gasteiger partial charge in [-0.25, -0.2) is 4.84 Å². The van der Waals surface area contributed by atoms with Gasteiger partial charge in [-0.2, -0.15) is 9.59 Å². The molecule has 2 unspecified atom stereocenters. The summed E-state index contributed by atoms with van der Waals surface area (Å²) in [5, 5.41) is 1.03. The molecule has 1 amide bonds. The van der Waals surface area contributed by atoms with Crippen molar-refractivity contribution in [2.24, 2.45) is 0 Å². The van der Waals surface area contributed by atoms with Crippen molar-refractivity contribution in [3.05, 3.63) is 126 Å². The van der Waals surface area contributed by atoms with Crippen molar-refractivity contribution in [2.75, 3.05) is 0 Å². The Morgan fingerprint density at radius 2 is 1.24 bits per heavy atom. The number of thiophene rings is 1. The number of hydrogen-bond acceptors (Lipinski definition) is 6. The highest BCUT2D eigenvalue weighted by atomic mass is 32.1. The molecular formula is C30H24NO5S+. The predicted octanol–water partition coefficient (Wildman–Crippen LogP) is 8.30. The summed E-state index contributed by atoms with van der Waals surface area (Å²) in [4.78, 5) is 34.1. The Bertz CT molecular complexity index is 1470. The molecule has 4 aromatic carbocycles. The lowest BCUT2D eigenvalue weighted by atomic mass is 10.1. The van der Waals surface area contributed by atoms with E-state index in [-0.39, 0.29) is 0 Å². The van der Waals surface area contributed by atoms with Gasteiger partial charge in [0.1, 0.15) is 11.5 Å². The van der Waals surface area contributed by atoms with Crippen LogP contribution in [0, 0.1) is 0 Å². The zero-order valence-electron chi connectivity index (χ0n) is 20.0. The zero-order valence-corrected chi connectivity index (χ0v) is 20.8. The average molecular weight is 511 g/mol. The zero-order chi connectivity index (χ0) is 25.7. The molecule has 0 radical (unpaired) electrons. The van der Waals surface area contributed by atoms with Crippen LogP contribution in [0.5, 0.6) is 11.5 Å². The van der Waals surface area contributed by atoms with E-state index in [4.69, 9.17) is 14.3 Å². The highest BCUT2D eigenvalue weighted by Gasteiger charge is 2.54. The second kappa shape index (κ2) is 10.7. The Hall–Kier alpha value is -4.46. The molecule has 37 heavy (non-hydrogen) atoms. The fraction of sp³-hybridized carbons (Fsp3) is 0.0667. The van der Waals surface area contributed by atoms with Gasteiger partial charge in [-0.3, -0.25) is 0 Å². The quantitative estimate of drug-likeness (QED) is 0.103. The van der Waals surface area contributed by atoms with Crippen LogP contribution >= 0.6 is 11.3 Å². The van der Waals surface area contributed by atoms with Crippen LogP contribution in [0.15, 0.2) is 121 Å². The van der Waals surface area contributed by atoms with Gasteiger partial charge in [0.05, 0.1) is 4.88 Å². The minimum atomic E-state index is -1.03. The first kappa shape index (κ1) is 24.2. The van der Waals surface area contributed by atoms with E-state index >= 15 is 0 Å². The number of benzene rings is 4. The number of hydroxylamine groups is 2. The largest absolute Gasteiger partial charge is 0.571 e. The van der Waals surface area contributed by atoms with Crippen molar-refractivity contribution in [3.63, 3.8) is 0 Å². The Morgan fingerprint density at radius 3 is 1.86 bits per heavy atom. The summed E-state index contributed by atoms with van der Waals surface area (Å²) < 4.78 is 11.4. The SMILES string of the molecule is CC(c1cc2ccccc2s1)[N+](OC(=O)Oc1ccccc1)(C(=O)Oc1ccccc1)c1ccccc1. The molecule has 0 aliphatic carbocycles. The molecule has 6 nitrogen and oxygen atoms in total. The first-order valence-electron chi connectivity index (χ1n) is 11.7. The van der Waals surface area contributed by atoms with Crippen molar-refractivity contribution in [1.82, 2.24) is 4.65 Å². The molecule has 0 N–H and O–H groups in total. The van der Waals surface area contributed by atoms with Crippen molar-refractivity contribution < 1.29 is 23.9 Å². The van der Waals surface area contributed by atoms with Gasteiger partial charge in [0, 0.05) is 21.5 Å². The van der Waals surface area contributed by atoms with E-state index in [0.29, 0.717) is 17.2 Å². The summed E-state index contributed by atoms with van der Waals surface area (Å²) in [6.45, 7) is 1.83. The maximum absolute atomic E-state index is 14.1. The molecule has 0 aliphatic heterocycles. The smallest absolute Gasteiger partial charge is 0.391 e. The molecule has 0 saturated carbocycles. The third-order valence-electron chi connectivity index (χ3n) is 5.92. The Balaban J connectivity index is 1.62. The molecule has 0 bridgehead atoms. The van der Waals surface area contributed by atoms with E-state index in [1.807, 2.05) is 55.5 Å². The first-order chi connectivity index (χ1) is 18.1. The van der Waals surface area contributed by atoms with Crippen LogP contribution in [-0.4, -0.2) is 12.2 Å². The molecule has 0 saturated heterocycles. The normalized spacial score (nSPS) is 13.3.